The van der Waals surface area contributed by atoms with Gasteiger partial charge in [-0.1, -0.05) is 0 Å². The Morgan fingerprint density at radius 2 is 2.00 bits per heavy atom. The molecule has 0 aliphatic carbocycles. The molecule has 2 aliphatic heterocycles. The summed E-state index contributed by atoms with van der Waals surface area (Å²) >= 11 is 0. The maximum atomic E-state index is 11.2. The van der Waals surface area contributed by atoms with Crippen molar-refractivity contribution in [1.29, 1.82) is 0 Å². The second-order valence-electron chi connectivity index (χ2n) is 5.12. The van der Waals surface area contributed by atoms with Crippen LogP contribution in [0.5, 0.6) is 0 Å². The van der Waals surface area contributed by atoms with Crippen molar-refractivity contribution in [1.82, 2.24) is 14.9 Å². The number of ketones is 1. The molecule has 0 unspecified atom stereocenters. The van der Waals surface area contributed by atoms with Crippen LogP contribution in [0.15, 0.2) is 6.33 Å². The molecule has 2 amide bonds. The lowest BCUT2D eigenvalue weighted by molar-refractivity contribution is -0.130. The Morgan fingerprint density at radius 1 is 1.30 bits per heavy atom. The first-order valence-corrected chi connectivity index (χ1v) is 7.44. The van der Waals surface area contributed by atoms with Gasteiger partial charge in [0.25, 0.3) is 11.7 Å². The van der Waals surface area contributed by atoms with Crippen LogP contribution in [-0.2, 0) is 9.59 Å². The zero-order valence-corrected chi connectivity index (χ0v) is 13.0. The summed E-state index contributed by atoms with van der Waals surface area (Å²) in [6.45, 7) is 1.99. The van der Waals surface area contributed by atoms with Gasteiger partial charge >= 0.3 is 0 Å². The zero-order chi connectivity index (χ0) is 16.8. The molecule has 0 aromatic carbocycles. The van der Waals surface area contributed by atoms with Crippen molar-refractivity contribution in [2.75, 3.05) is 37.3 Å². The van der Waals surface area contributed by atoms with Crippen LogP contribution in [0.2, 0.25) is 0 Å². The fourth-order valence-corrected chi connectivity index (χ4v) is 2.44. The Bertz CT molecular complexity index is 613. The normalized spacial score (nSPS) is 16.2. The summed E-state index contributed by atoms with van der Waals surface area (Å²) in [7, 11) is 1.62. The molecule has 124 valence electrons. The predicted octanol–water partition coefficient (Wildman–Crippen LogP) is -0.389. The molecule has 0 radical (unpaired) electrons. The standard InChI is InChI=1S/C7H6N4O2.C7H14N2O/c1-8-5-3-4(12)7(13)11-6(3)10-2-9-5;8-6-7(10)9-4-2-1-3-5-9/h2H,1H3,(H2,8,9,10,11,12,13);1-6,8H2. The lowest BCUT2D eigenvalue weighted by Crippen LogP contribution is -2.39. The van der Waals surface area contributed by atoms with Gasteiger partial charge in [0.05, 0.1) is 6.54 Å². The van der Waals surface area contributed by atoms with Crippen molar-refractivity contribution in [3.8, 4) is 0 Å². The Kier molecular flexibility index (Phi) is 5.58. The van der Waals surface area contributed by atoms with Crippen molar-refractivity contribution in [2.45, 2.75) is 19.3 Å². The number of likely N-dealkylation sites (tertiary alicyclic amines) is 1. The van der Waals surface area contributed by atoms with Crippen molar-refractivity contribution in [3.05, 3.63) is 11.9 Å². The summed E-state index contributed by atoms with van der Waals surface area (Å²) in [5.41, 5.74) is 5.43. The molecule has 1 fully saturated rings. The van der Waals surface area contributed by atoms with Gasteiger partial charge in [-0.15, -0.1) is 0 Å². The third kappa shape index (κ3) is 3.81. The minimum Gasteiger partial charge on any atom is -0.372 e. The highest BCUT2D eigenvalue weighted by molar-refractivity contribution is 6.52. The van der Waals surface area contributed by atoms with Gasteiger partial charge in [-0.3, -0.25) is 14.4 Å². The number of piperidine rings is 1. The number of nitrogens with zero attached hydrogens (tertiary/aromatic N) is 3. The molecule has 9 heteroatoms. The number of fused-ring (bicyclic) bond motifs is 1. The summed E-state index contributed by atoms with van der Waals surface area (Å²) in [6.07, 6.45) is 4.83. The van der Waals surface area contributed by atoms with Crippen LogP contribution in [0.25, 0.3) is 0 Å². The molecule has 1 aromatic heterocycles. The number of nitrogens with one attached hydrogen (secondary N) is 2. The molecular formula is C14H20N6O3. The molecule has 0 bridgehead atoms. The number of nitrogens with two attached hydrogens (primary N) is 1. The van der Waals surface area contributed by atoms with Gasteiger partial charge in [0.15, 0.2) is 0 Å². The van der Waals surface area contributed by atoms with E-state index in [1.54, 1.807) is 7.05 Å². The van der Waals surface area contributed by atoms with Crippen LogP contribution < -0.4 is 16.4 Å². The fourth-order valence-electron chi connectivity index (χ4n) is 2.44. The van der Waals surface area contributed by atoms with E-state index in [2.05, 4.69) is 20.6 Å². The fraction of sp³-hybridized carbons (Fsp3) is 0.500. The summed E-state index contributed by atoms with van der Waals surface area (Å²) in [5.74, 6) is -0.519. The minimum atomic E-state index is -0.660. The molecule has 0 atom stereocenters. The van der Waals surface area contributed by atoms with Crippen LogP contribution in [0, 0.1) is 0 Å². The summed E-state index contributed by atoms with van der Waals surface area (Å²) in [5, 5.41) is 5.06. The molecule has 3 rings (SSSR count). The number of carbonyl (C=O) groups excluding carboxylic acids is 3. The number of hydrogen-bond acceptors (Lipinski definition) is 7. The topological polar surface area (TPSA) is 130 Å². The lowest BCUT2D eigenvalue weighted by Gasteiger charge is -2.25. The summed E-state index contributed by atoms with van der Waals surface area (Å²) in [6, 6.07) is 0. The lowest BCUT2D eigenvalue weighted by atomic mass is 10.1. The first-order valence-electron chi connectivity index (χ1n) is 7.44. The summed E-state index contributed by atoms with van der Waals surface area (Å²) in [4.78, 5) is 42.6. The molecule has 1 aromatic rings. The van der Waals surface area contributed by atoms with Crippen molar-refractivity contribution < 1.29 is 14.4 Å². The molecule has 2 aliphatic rings. The van der Waals surface area contributed by atoms with E-state index in [9.17, 15) is 14.4 Å². The maximum absolute atomic E-state index is 11.2. The average Bonchev–Trinajstić information content (AvgIpc) is 2.90. The van der Waals surface area contributed by atoms with E-state index in [4.69, 9.17) is 5.73 Å². The Hall–Kier alpha value is -2.55. The Labute approximate surface area is 133 Å². The molecule has 0 saturated carbocycles. The van der Waals surface area contributed by atoms with Gasteiger partial charge in [-0.05, 0) is 19.3 Å². The third-order valence-corrected chi connectivity index (χ3v) is 3.63. The van der Waals surface area contributed by atoms with Gasteiger partial charge in [-0.25, -0.2) is 9.97 Å². The van der Waals surface area contributed by atoms with E-state index in [0.29, 0.717) is 5.82 Å². The van der Waals surface area contributed by atoms with Crippen LogP contribution >= 0.6 is 0 Å². The highest BCUT2D eigenvalue weighted by Gasteiger charge is 2.32. The smallest absolute Gasteiger partial charge is 0.298 e. The number of aromatic nitrogens is 2. The van der Waals surface area contributed by atoms with Gasteiger partial charge in [-0.2, -0.15) is 0 Å². The monoisotopic (exact) mass is 320 g/mol. The second-order valence-corrected chi connectivity index (χ2v) is 5.12. The van der Waals surface area contributed by atoms with Gasteiger partial charge in [0, 0.05) is 20.1 Å². The second kappa shape index (κ2) is 7.63. The van der Waals surface area contributed by atoms with E-state index in [1.165, 1.54) is 12.7 Å². The summed E-state index contributed by atoms with van der Waals surface area (Å²) < 4.78 is 0. The first-order chi connectivity index (χ1) is 11.1. The van der Waals surface area contributed by atoms with Crippen LogP contribution in [0.3, 0.4) is 0 Å². The minimum absolute atomic E-state index is 0.0969. The van der Waals surface area contributed by atoms with Crippen molar-refractivity contribution in [2.24, 2.45) is 5.73 Å². The first kappa shape index (κ1) is 16.8. The largest absolute Gasteiger partial charge is 0.372 e. The van der Waals surface area contributed by atoms with E-state index in [-0.39, 0.29) is 23.8 Å². The number of anilines is 2. The van der Waals surface area contributed by atoms with Crippen LogP contribution in [0.4, 0.5) is 11.6 Å². The SMILES string of the molecule is CNc1ncnc2c1C(=O)C(=O)N2.NCC(=O)N1CCCCC1. The molecular weight excluding hydrogens is 300 g/mol. The Balaban J connectivity index is 0.000000174. The molecule has 1 saturated heterocycles. The maximum Gasteiger partial charge on any atom is 0.298 e. The van der Waals surface area contributed by atoms with Crippen LogP contribution in [-0.4, -0.2) is 59.1 Å². The average molecular weight is 320 g/mol. The Morgan fingerprint density at radius 3 is 2.61 bits per heavy atom. The highest BCUT2D eigenvalue weighted by Crippen LogP contribution is 2.24. The van der Waals surface area contributed by atoms with Gasteiger partial charge in [0.1, 0.15) is 23.5 Å². The number of hydrogen-bond donors (Lipinski definition) is 3. The van der Waals surface area contributed by atoms with Gasteiger partial charge < -0.3 is 21.3 Å². The molecule has 9 nitrogen and oxygen atoms in total. The van der Waals surface area contributed by atoms with E-state index in [1.807, 2.05) is 4.90 Å². The van der Waals surface area contributed by atoms with Crippen molar-refractivity contribution in [3.63, 3.8) is 0 Å². The molecule has 4 N–H and O–H groups in total. The van der Waals surface area contributed by atoms with E-state index < -0.39 is 11.7 Å². The predicted molar refractivity (Wildman–Crippen MR) is 84.0 cm³/mol. The molecule has 23 heavy (non-hydrogen) atoms. The highest BCUT2D eigenvalue weighted by atomic mass is 16.2. The van der Waals surface area contributed by atoms with E-state index in [0.717, 1.165) is 25.9 Å². The number of carbonyl (C=O) groups is 3. The number of Topliss-reactive ketones (excluding diaryl/α,β-unsaturated/α-hetero) is 1. The number of rotatable bonds is 2. The van der Waals surface area contributed by atoms with Gasteiger partial charge in [0.2, 0.25) is 5.91 Å². The van der Waals surface area contributed by atoms with Crippen LogP contribution in [0.1, 0.15) is 29.6 Å². The zero-order valence-electron chi connectivity index (χ0n) is 13.0. The van der Waals surface area contributed by atoms with E-state index >= 15 is 0 Å². The quantitative estimate of drug-likeness (QED) is 0.633. The molecule has 0 spiro atoms. The molecule has 3 heterocycles. The number of amides is 2. The van der Waals surface area contributed by atoms with Crippen molar-refractivity contribution >= 4 is 29.2 Å². The third-order valence-electron chi connectivity index (χ3n) is 3.63.